The first kappa shape index (κ1) is 5.69. The van der Waals surface area contributed by atoms with E-state index >= 15 is 0 Å². The van der Waals surface area contributed by atoms with Gasteiger partial charge in [-0.1, -0.05) is 0 Å². The van der Waals surface area contributed by atoms with E-state index in [4.69, 9.17) is 5.73 Å². The van der Waals surface area contributed by atoms with E-state index in [-0.39, 0.29) is 0 Å². The van der Waals surface area contributed by atoms with Gasteiger partial charge in [0.25, 0.3) is 0 Å². The molecule has 0 aromatic heterocycles. The predicted octanol–water partition coefficient (Wildman–Crippen LogP) is -0.0569. The van der Waals surface area contributed by atoms with Crippen LogP contribution in [0.5, 0.6) is 0 Å². The Morgan fingerprint density at radius 2 is 2.11 bits per heavy atom. The van der Waals surface area contributed by atoms with Crippen LogP contribution in [0.15, 0.2) is 0 Å². The maximum Gasteiger partial charge on any atom is 0.00825 e. The quantitative estimate of drug-likeness (QED) is 0.477. The van der Waals surface area contributed by atoms with Crippen LogP contribution < -0.4 is 11.1 Å². The first-order valence-electron chi connectivity index (χ1n) is 3.84. The third-order valence-electron chi connectivity index (χ3n) is 2.81. The van der Waals surface area contributed by atoms with E-state index in [0.717, 1.165) is 11.8 Å². The maximum absolute atomic E-state index is 5.88. The summed E-state index contributed by atoms with van der Waals surface area (Å²) in [6.07, 6.45) is 2.62. The first-order chi connectivity index (χ1) is 4.38. The molecule has 2 nitrogen and oxygen atoms in total. The first-order valence-corrected chi connectivity index (χ1v) is 3.84. The zero-order valence-electron chi connectivity index (χ0n) is 5.64. The molecule has 2 rings (SSSR count). The molecular weight excluding hydrogens is 112 g/mol. The molecule has 1 aliphatic heterocycles. The molecule has 1 heterocycles. The number of hydrogen-bond acceptors (Lipinski definition) is 2. The highest BCUT2D eigenvalue weighted by Gasteiger charge is 2.36. The SMILES string of the molecule is N[C@H]1CC[C@H]2CNC[C@H]21. The molecule has 1 saturated heterocycles. The average Bonchev–Trinajstić information content (AvgIpc) is 2.35. The van der Waals surface area contributed by atoms with E-state index in [1.54, 1.807) is 0 Å². The van der Waals surface area contributed by atoms with Gasteiger partial charge in [0.1, 0.15) is 0 Å². The van der Waals surface area contributed by atoms with Gasteiger partial charge in [0.2, 0.25) is 0 Å². The Morgan fingerprint density at radius 1 is 1.22 bits per heavy atom. The summed E-state index contributed by atoms with van der Waals surface area (Å²) < 4.78 is 0. The van der Waals surface area contributed by atoms with Crippen molar-refractivity contribution in [3.8, 4) is 0 Å². The molecule has 1 aliphatic carbocycles. The zero-order chi connectivity index (χ0) is 6.27. The third-order valence-corrected chi connectivity index (χ3v) is 2.81. The lowest BCUT2D eigenvalue weighted by Gasteiger charge is -2.10. The number of nitrogens with one attached hydrogen (secondary N) is 1. The normalized spacial score (nSPS) is 49.7. The van der Waals surface area contributed by atoms with Crippen molar-refractivity contribution < 1.29 is 0 Å². The Labute approximate surface area is 55.8 Å². The minimum Gasteiger partial charge on any atom is -0.327 e. The molecule has 52 valence electrons. The van der Waals surface area contributed by atoms with E-state index in [9.17, 15) is 0 Å². The fraction of sp³-hybridized carbons (Fsp3) is 1.00. The standard InChI is InChI=1S/C7H14N2/c8-7-2-1-5-3-9-4-6(5)7/h5-7,9H,1-4,8H2/t5-,6+,7-/m0/s1. The van der Waals surface area contributed by atoms with Crippen molar-refractivity contribution >= 4 is 0 Å². The van der Waals surface area contributed by atoms with Crippen LogP contribution in [-0.2, 0) is 0 Å². The van der Waals surface area contributed by atoms with Gasteiger partial charge in [-0.25, -0.2) is 0 Å². The van der Waals surface area contributed by atoms with E-state index in [1.165, 1.54) is 25.9 Å². The summed E-state index contributed by atoms with van der Waals surface area (Å²) in [5.74, 6) is 1.73. The fourth-order valence-corrected chi connectivity index (χ4v) is 2.19. The van der Waals surface area contributed by atoms with Crippen LogP contribution in [0.25, 0.3) is 0 Å². The Morgan fingerprint density at radius 3 is 2.89 bits per heavy atom. The molecule has 0 unspecified atom stereocenters. The largest absolute Gasteiger partial charge is 0.327 e. The summed E-state index contributed by atoms with van der Waals surface area (Å²) in [6, 6.07) is 0.505. The second-order valence-corrected chi connectivity index (χ2v) is 3.32. The molecule has 0 radical (unpaired) electrons. The molecule has 9 heavy (non-hydrogen) atoms. The number of hydrogen-bond donors (Lipinski definition) is 2. The highest BCUT2D eigenvalue weighted by Crippen LogP contribution is 2.32. The highest BCUT2D eigenvalue weighted by atomic mass is 14.9. The maximum atomic E-state index is 5.88. The van der Waals surface area contributed by atoms with Gasteiger partial charge in [-0.2, -0.15) is 0 Å². The van der Waals surface area contributed by atoms with Gasteiger partial charge in [-0.3, -0.25) is 0 Å². The van der Waals surface area contributed by atoms with E-state index in [0.29, 0.717) is 6.04 Å². The minimum absolute atomic E-state index is 0.505. The Bertz CT molecular complexity index is 113. The molecule has 0 amide bonds. The van der Waals surface area contributed by atoms with Crippen molar-refractivity contribution in [2.24, 2.45) is 17.6 Å². The van der Waals surface area contributed by atoms with Crippen molar-refractivity contribution in [3.05, 3.63) is 0 Å². The average molecular weight is 126 g/mol. The number of nitrogens with two attached hydrogens (primary N) is 1. The van der Waals surface area contributed by atoms with Gasteiger partial charge in [0.05, 0.1) is 0 Å². The second-order valence-electron chi connectivity index (χ2n) is 3.32. The van der Waals surface area contributed by atoms with Crippen LogP contribution >= 0.6 is 0 Å². The van der Waals surface area contributed by atoms with Crippen LogP contribution in [0.2, 0.25) is 0 Å². The molecule has 0 spiro atoms. The van der Waals surface area contributed by atoms with Crippen LogP contribution in [-0.4, -0.2) is 19.1 Å². The summed E-state index contributed by atoms with van der Waals surface area (Å²) in [7, 11) is 0. The molecule has 3 atom stereocenters. The molecular formula is C7H14N2. The van der Waals surface area contributed by atoms with E-state index in [2.05, 4.69) is 5.32 Å². The molecule has 0 aromatic carbocycles. The van der Waals surface area contributed by atoms with E-state index in [1.807, 2.05) is 0 Å². The topological polar surface area (TPSA) is 38.0 Å². The Balaban J connectivity index is 2.07. The monoisotopic (exact) mass is 126 g/mol. The van der Waals surface area contributed by atoms with E-state index < -0.39 is 0 Å². The lowest BCUT2D eigenvalue weighted by Crippen LogP contribution is -2.28. The summed E-state index contributed by atoms with van der Waals surface area (Å²) >= 11 is 0. The minimum atomic E-state index is 0.505. The summed E-state index contributed by atoms with van der Waals surface area (Å²) in [4.78, 5) is 0. The van der Waals surface area contributed by atoms with Gasteiger partial charge in [-0.05, 0) is 37.8 Å². The van der Waals surface area contributed by atoms with Crippen molar-refractivity contribution in [2.75, 3.05) is 13.1 Å². The second kappa shape index (κ2) is 1.96. The van der Waals surface area contributed by atoms with Gasteiger partial charge in [0.15, 0.2) is 0 Å². The molecule has 1 saturated carbocycles. The summed E-state index contributed by atoms with van der Waals surface area (Å²) in [6.45, 7) is 2.39. The van der Waals surface area contributed by atoms with Crippen molar-refractivity contribution in [1.29, 1.82) is 0 Å². The van der Waals surface area contributed by atoms with Crippen molar-refractivity contribution in [3.63, 3.8) is 0 Å². The van der Waals surface area contributed by atoms with Crippen LogP contribution in [0.1, 0.15) is 12.8 Å². The Kier molecular flexibility index (Phi) is 1.24. The molecule has 0 bridgehead atoms. The van der Waals surface area contributed by atoms with Crippen LogP contribution in [0, 0.1) is 11.8 Å². The highest BCUT2D eigenvalue weighted by molar-refractivity contribution is 4.93. The lowest BCUT2D eigenvalue weighted by molar-refractivity contribution is 0.453. The third kappa shape index (κ3) is 0.775. The van der Waals surface area contributed by atoms with Gasteiger partial charge < -0.3 is 11.1 Å². The number of fused-ring (bicyclic) bond motifs is 1. The van der Waals surface area contributed by atoms with Gasteiger partial charge in [-0.15, -0.1) is 0 Å². The molecule has 0 aromatic rings. The van der Waals surface area contributed by atoms with Crippen molar-refractivity contribution in [1.82, 2.24) is 5.32 Å². The summed E-state index contributed by atoms with van der Waals surface area (Å²) in [5.41, 5.74) is 5.88. The molecule has 2 heteroatoms. The van der Waals surface area contributed by atoms with Gasteiger partial charge in [0, 0.05) is 6.04 Å². The van der Waals surface area contributed by atoms with Crippen molar-refractivity contribution in [2.45, 2.75) is 18.9 Å². The number of rotatable bonds is 0. The summed E-state index contributed by atoms with van der Waals surface area (Å²) in [5, 5.41) is 3.37. The zero-order valence-corrected chi connectivity index (χ0v) is 5.64. The van der Waals surface area contributed by atoms with Gasteiger partial charge >= 0.3 is 0 Å². The molecule has 2 aliphatic rings. The molecule has 2 fully saturated rings. The Hall–Kier alpha value is -0.0800. The fourth-order valence-electron chi connectivity index (χ4n) is 2.19. The van der Waals surface area contributed by atoms with Crippen LogP contribution in [0.4, 0.5) is 0 Å². The predicted molar refractivity (Wildman–Crippen MR) is 37.1 cm³/mol. The smallest absolute Gasteiger partial charge is 0.00825 e. The molecule has 3 N–H and O–H groups in total. The van der Waals surface area contributed by atoms with Crippen LogP contribution in [0.3, 0.4) is 0 Å². The lowest BCUT2D eigenvalue weighted by atomic mass is 9.98.